The monoisotopic (exact) mass is 237 g/mol. The Hall–Kier alpha value is -1.05. The molecule has 0 unspecified atom stereocenters. The molecule has 0 atom stereocenters. The molecular weight excluding hydrogens is 210 g/mol. The van der Waals surface area contributed by atoms with E-state index in [0.717, 1.165) is 19.4 Å². The number of hydrogen-bond donors (Lipinski definition) is 1. The number of allylic oxidation sites excluding steroid dienone is 3. The third-order valence-electron chi connectivity index (χ3n) is 2.52. The van der Waals surface area contributed by atoms with E-state index in [4.69, 9.17) is 0 Å². The van der Waals surface area contributed by atoms with Gasteiger partial charge in [0.15, 0.2) is 0 Å². The predicted octanol–water partition coefficient (Wildman–Crippen LogP) is 3.99. The summed E-state index contributed by atoms with van der Waals surface area (Å²) in [5, 5.41) is 2.80. The summed E-state index contributed by atoms with van der Waals surface area (Å²) < 4.78 is 0. The van der Waals surface area contributed by atoms with Gasteiger partial charge in [0.05, 0.1) is 0 Å². The first-order chi connectivity index (χ1) is 8.31. The standard InChI is InChI=1S/C15H27NO/c1-3-5-6-7-8-9-10-11-12-13-15(17)16-14-4-2/h10-13H,3-9,14H2,1-2H3,(H,16,17)/b11-10+,13-12+. The van der Waals surface area contributed by atoms with Crippen molar-refractivity contribution in [1.29, 1.82) is 0 Å². The van der Waals surface area contributed by atoms with Gasteiger partial charge in [-0.25, -0.2) is 0 Å². The Bertz CT molecular complexity index is 231. The van der Waals surface area contributed by atoms with Crippen LogP contribution in [0.5, 0.6) is 0 Å². The molecule has 0 aliphatic heterocycles. The van der Waals surface area contributed by atoms with Crippen LogP contribution in [0.4, 0.5) is 0 Å². The molecule has 0 saturated carbocycles. The van der Waals surface area contributed by atoms with Gasteiger partial charge in [-0.15, -0.1) is 0 Å². The number of rotatable bonds is 10. The van der Waals surface area contributed by atoms with E-state index in [0.29, 0.717) is 0 Å². The highest BCUT2D eigenvalue weighted by molar-refractivity contribution is 5.87. The van der Waals surface area contributed by atoms with Crippen LogP contribution in [0.3, 0.4) is 0 Å². The zero-order chi connectivity index (χ0) is 12.8. The highest BCUT2D eigenvalue weighted by Gasteiger charge is 1.89. The first-order valence-electron chi connectivity index (χ1n) is 6.92. The van der Waals surface area contributed by atoms with Gasteiger partial charge in [-0.3, -0.25) is 4.79 Å². The summed E-state index contributed by atoms with van der Waals surface area (Å²) in [6, 6.07) is 0. The highest BCUT2D eigenvalue weighted by atomic mass is 16.1. The maximum absolute atomic E-state index is 11.2. The zero-order valence-corrected chi connectivity index (χ0v) is 11.4. The molecule has 0 aromatic heterocycles. The van der Waals surface area contributed by atoms with Crippen LogP contribution in [0.1, 0.15) is 58.8 Å². The van der Waals surface area contributed by atoms with Gasteiger partial charge in [-0.2, -0.15) is 0 Å². The van der Waals surface area contributed by atoms with Crippen LogP contribution in [0.15, 0.2) is 24.3 Å². The Morgan fingerprint density at radius 3 is 2.47 bits per heavy atom. The smallest absolute Gasteiger partial charge is 0.243 e. The molecule has 0 saturated heterocycles. The van der Waals surface area contributed by atoms with E-state index in [2.05, 4.69) is 18.3 Å². The van der Waals surface area contributed by atoms with Crippen molar-refractivity contribution in [2.75, 3.05) is 6.54 Å². The Kier molecular flexibility index (Phi) is 12.2. The summed E-state index contributed by atoms with van der Waals surface area (Å²) >= 11 is 0. The lowest BCUT2D eigenvalue weighted by atomic mass is 10.1. The minimum Gasteiger partial charge on any atom is -0.353 e. The summed E-state index contributed by atoms with van der Waals surface area (Å²) in [5.74, 6) is -0.000513. The summed E-state index contributed by atoms with van der Waals surface area (Å²) in [5.41, 5.74) is 0. The summed E-state index contributed by atoms with van der Waals surface area (Å²) in [6.45, 7) is 5.03. The Labute approximate surface area is 106 Å². The van der Waals surface area contributed by atoms with Crippen molar-refractivity contribution in [3.05, 3.63) is 24.3 Å². The van der Waals surface area contributed by atoms with E-state index in [1.807, 2.05) is 19.1 Å². The minimum absolute atomic E-state index is 0.000513. The van der Waals surface area contributed by atoms with Gasteiger partial charge in [0, 0.05) is 12.6 Å². The molecule has 0 aromatic rings. The van der Waals surface area contributed by atoms with Gasteiger partial charge < -0.3 is 5.32 Å². The summed E-state index contributed by atoms with van der Waals surface area (Å²) in [4.78, 5) is 11.2. The van der Waals surface area contributed by atoms with Gasteiger partial charge >= 0.3 is 0 Å². The maximum atomic E-state index is 11.2. The van der Waals surface area contributed by atoms with E-state index in [9.17, 15) is 4.79 Å². The molecular formula is C15H27NO. The zero-order valence-electron chi connectivity index (χ0n) is 11.4. The lowest BCUT2D eigenvalue weighted by Gasteiger charge is -1.96. The first-order valence-corrected chi connectivity index (χ1v) is 6.92. The molecule has 0 radical (unpaired) electrons. The van der Waals surface area contributed by atoms with Crippen molar-refractivity contribution in [2.45, 2.75) is 58.8 Å². The second-order valence-corrected chi connectivity index (χ2v) is 4.28. The molecule has 0 aliphatic carbocycles. The lowest BCUT2D eigenvalue weighted by Crippen LogP contribution is -2.21. The van der Waals surface area contributed by atoms with Crippen LogP contribution < -0.4 is 5.32 Å². The number of hydrogen-bond acceptors (Lipinski definition) is 1. The fraction of sp³-hybridized carbons (Fsp3) is 0.667. The molecule has 0 rings (SSSR count). The topological polar surface area (TPSA) is 29.1 Å². The molecule has 0 fully saturated rings. The fourth-order valence-electron chi connectivity index (χ4n) is 1.49. The van der Waals surface area contributed by atoms with Crippen molar-refractivity contribution < 1.29 is 4.79 Å². The number of amides is 1. The molecule has 2 heteroatoms. The van der Waals surface area contributed by atoms with Gasteiger partial charge in [0.1, 0.15) is 0 Å². The van der Waals surface area contributed by atoms with E-state index >= 15 is 0 Å². The van der Waals surface area contributed by atoms with Crippen LogP contribution in [0.2, 0.25) is 0 Å². The van der Waals surface area contributed by atoms with Crippen molar-refractivity contribution in [3.63, 3.8) is 0 Å². The van der Waals surface area contributed by atoms with Crippen LogP contribution >= 0.6 is 0 Å². The van der Waals surface area contributed by atoms with Crippen molar-refractivity contribution in [2.24, 2.45) is 0 Å². The molecule has 98 valence electrons. The first kappa shape index (κ1) is 16.0. The third-order valence-corrected chi connectivity index (χ3v) is 2.52. The van der Waals surface area contributed by atoms with E-state index in [-0.39, 0.29) is 5.91 Å². The minimum atomic E-state index is -0.000513. The number of nitrogens with one attached hydrogen (secondary N) is 1. The number of carbonyl (C=O) groups is 1. The van der Waals surface area contributed by atoms with E-state index in [1.165, 1.54) is 32.1 Å². The Balaban J connectivity index is 3.39. The van der Waals surface area contributed by atoms with E-state index < -0.39 is 0 Å². The van der Waals surface area contributed by atoms with Crippen molar-refractivity contribution >= 4 is 5.91 Å². The van der Waals surface area contributed by atoms with Crippen LogP contribution in [0, 0.1) is 0 Å². The van der Waals surface area contributed by atoms with Gasteiger partial charge in [-0.05, 0) is 19.3 Å². The SMILES string of the molecule is CCCCCCC/C=C/C=C/C(=O)NCCC. The van der Waals surface area contributed by atoms with Crippen LogP contribution in [0.25, 0.3) is 0 Å². The average Bonchev–Trinajstić information content (AvgIpc) is 2.34. The number of carbonyl (C=O) groups excluding carboxylic acids is 1. The van der Waals surface area contributed by atoms with Crippen LogP contribution in [-0.2, 0) is 4.79 Å². The third kappa shape index (κ3) is 12.9. The molecule has 0 aromatic carbocycles. The Morgan fingerprint density at radius 2 is 1.76 bits per heavy atom. The average molecular weight is 237 g/mol. The molecule has 2 nitrogen and oxygen atoms in total. The molecule has 1 amide bonds. The maximum Gasteiger partial charge on any atom is 0.243 e. The largest absolute Gasteiger partial charge is 0.353 e. The van der Waals surface area contributed by atoms with Crippen LogP contribution in [-0.4, -0.2) is 12.5 Å². The van der Waals surface area contributed by atoms with Crippen molar-refractivity contribution in [3.8, 4) is 0 Å². The molecule has 0 bridgehead atoms. The summed E-state index contributed by atoms with van der Waals surface area (Å²) in [7, 11) is 0. The van der Waals surface area contributed by atoms with E-state index in [1.54, 1.807) is 6.08 Å². The second-order valence-electron chi connectivity index (χ2n) is 4.28. The quantitative estimate of drug-likeness (QED) is 0.347. The lowest BCUT2D eigenvalue weighted by molar-refractivity contribution is -0.116. The normalized spacial score (nSPS) is 11.4. The second kappa shape index (κ2) is 13.0. The van der Waals surface area contributed by atoms with Crippen molar-refractivity contribution in [1.82, 2.24) is 5.32 Å². The molecule has 17 heavy (non-hydrogen) atoms. The fourth-order valence-corrected chi connectivity index (χ4v) is 1.49. The van der Waals surface area contributed by atoms with Gasteiger partial charge in [0.25, 0.3) is 0 Å². The number of unbranched alkanes of at least 4 members (excludes halogenated alkanes) is 5. The Morgan fingerprint density at radius 1 is 1.00 bits per heavy atom. The highest BCUT2D eigenvalue weighted by Crippen LogP contribution is 2.05. The molecule has 0 heterocycles. The van der Waals surface area contributed by atoms with Gasteiger partial charge in [0.2, 0.25) is 5.91 Å². The summed E-state index contributed by atoms with van der Waals surface area (Å²) in [6.07, 6.45) is 16.2. The predicted molar refractivity (Wildman–Crippen MR) is 75.0 cm³/mol. The van der Waals surface area contributed by atoms with Gasteiger partial charge in [-0.1, -0.05) is 57.8 Å². The molecule has 0 spiro atoms. The molecule has 0 aliphatic rings. The molecule has 1 N–H and O–H groups in total.